The minimum absolute atomic E-state index is 0.0205. The zero-order valence-corrected chi connectivity index (χ0v) is 13.1. The molecule has 0 aromatic heterocycles. The van der Waals surface area contributed by atoms with Gasteiger partial charge in [-0.1, -0.05) is 18.2 Å². The van der Waals surface area contributed by atoms with Crippen LogP contribution >= 0.6 is 0 Å². The smallest absolute Gasteiger partial charge is 0.124 e. The highest BCUT2D eigenvalue weighted by Crippen LogP contribution is 2.22. The molecule has 22 heavy (non-hydrogen) atoms. The van der Waals surface area contributed by atoms with Gasteiger partial charge >= 0.3 is 0 Å². The summed E-state index contributed by atoms with van der Waals surface area (Å²) in [6.45, 7) is 5.07. The predicted octanol–water partition coefficient (Wildman–Crippen LogP) is 3.46. The summed E-state index contributed by atoms with van der Waals surface area (Å²) < 4.78 is 11.2. The van der Waals surface area contributed by atoms with E-state index in [4.69, 9.17) is 14.6 Å². The van der Waals surface area contributed by atoms with Crippen LogP contribution in [0.1, 0.15) is 19.4 Å². The molecule has 0 aliphatic carbocycles. The quantitative estimate of drug-likeness (QED) is 0.784. The maximum atomic E-state index is 8.73. The van der Waals surface area contributed by atoms with E-state index >= 15 is 0 Å². The summed E-state index contributed by atoms with van der Waals surface area (Å²) in [5, 5.41) is 12.1. The summed E-state index contributed by atoms with van der Waals surface area (Å²) in [5.41, 5.74) is 2.13. The molecule has 0 saturated heterocycles. The molecule has 0 aliphatic heterocycles. The lowest BCUT2D eigenvalue weighted by atomic mass is 10.2. The van der Waals surface area contributed by atoms with Crippen LogP contribution in [0.25, 0.3) is 0 Å². The van der Waals surface area contributed by atoms with Crippen molar-refractivity contribution >= 4 is 5.69 Å². The third-order valence-electron chi connectivity index (χ3n) is 3.03. The van der Waals surface area contributed by atoms with Gasteiger partial charge in [0.25, 0.3) is 0 Å². The molecular weight excluding hydrogens is 278 g/mol. The zero-order chi connectivity index (χ0) is 15.8. The Kier molecular flexibility index (Phi) is 6.10. The lowest BCUT2D eigenvalue weighted by molar-refractivity contribution is 0.201. The molecule has 2 N–H and O–H groups in total. The Hall–Kier alpha value is -2.20. The molecular formula is C18H23NO3. The highest BCUT2D eigenvalue weighted by molar-refractivity contribution is 5.47. The third kappa shape index (κ3) is 4.97. The van der Waals surface area contributed by atoms with Crippen molar-refractivity contribution in [3.05, 3.63) is 54.1 Å². The van der Waals surface area contributed by atoms with Gasteiger partial charge in [-0.15, -0.1) is 0 Å². The van der Waals surface area contributed by atoms with Gasteiger partial charge in [0, 0.05) is 17.8 Å². The van der Waals surface area contributed by atoms with Crippen LogP contribution in [0.5, 0.6) is 11.5 Å². The number of aliphatic hydroxyl groups excluding tert-OH is 1. The van der Waals surface area contributed by atoms with E-state index in [1.54, 1.807) is 0 Å². The molecule has 0 amide bonds. The Morgan fingerprint density at radius 2 is 1.77 bits per heavy atom. The van der Waals surface area contributed by atoms with Crippen LogP contribution in [0.2, 0.25) is 0 Å². The standard InChI is InChI=1S/C18H23NO3/c1-14(2)22-18-6-4-3-5-15(18)13-19-16-7-9-17(10-8-16)21-12-11-20/h3-10,14,19-20H,11-13H2,1-2H3. The van der Waals surface area contributed by atoms with Gasteiger partial charge in [0.2, 0.25) is 0 Å². The Labute approximate surface area is 131 Å². The molecule has 0 bridgehead atoms. The van der Waals surface area contributed by atoms with Crippen molar-refractivity contribution in [1.82, 2.24) is 0 Å². The van der Waals surface area contributed by atoms with Gasteiger partial charge in [0.15, 0.2) is 0 Å². The molecule has 0 unspecified atom stereocenters. The first-order valence-electron chi connectivity index (χ1n) is 7.51. The van der Waals surface area contributed by atoms with Crippen molar-refractivity contribution in [3.63, 3.8) is 0 Å². The van der Waals surface area contributed by atoms with Gasteiger partial charge < -0.3 is 19.9 Å². The van der Waals surface area contributed by atoms with Gasteiger partial charge in [-0.25, -0.2) is 0 Å². The maximum absolute atomic E-state index is 8.73. The molecule has 2 rings (SSSR count). The fourth-order valence-corrected chi connectivity index (χ4v) is 2.05. The van der Waals surface area contributed by atoms with E-state index in [1.165, 1.54) is 0 Å². The van der Waals surface area contributed by atoms with Gasteiger partial charge in [-0.05, 0) is 44.2 Å². The van der Waals surface area contributed by atoms with Gasteiger partial charge in [0.1, 0.15) is 18.1 Å². The van der Waals surface area contributed by atoms with Gasteiger partial charge in [-0.3, -0.25) is 0 Å². The number of ether oxygens (including phenoxy) is 2. The van der Waals surface area contributed by atoms with Crippen LogP contribution in [-0.2, 0) is 6.54 Å². The average Bonchev–Trinajstić information content (AvgIpc) is 2.52. The maximum Gasteiger partial charge on any atom is 0.124 e. The molecule has 4 nitrogen and oxygen atoms in total. The number of aliphatic hydroxyl groups is 1. The Bertz CT molecular complexity index is 567. The molecule has 2 aromatic rings. The van der Waals surface area contributed by atoms with E-state index in [0.717, 1.165) is 22.7 Å². The summed E-state index contributed by atoms with van der Waals surface area (Å²) in [6.07, 6.45) is 0.157. The number of benzene rings is 2. The van der Waals surface area contributed by atoms with E-state index in [0.29, 0.717) is 13.2 Å². The van der Waals surface area contributed by atoms with Gasteiger partial charge in [0.05, 0.1) is 12.7 Å². The first-order chi connectivity index (χ1) is 10.7. The first-order valence-corrected chi connectivity index (χ1v) is 7.51. The Morgan fingerprint density at radius 1 is 1.05 bits per heavy atom. The van der Waals surface area contributed by atoms with E-state index in [9.17, 15) is 0 Å². The second-order valence-electron chi connectivity index (χ2n) is 5.22. The van der Waals surface area contributed by atoms with Crippen molar-refractivity contribution in [2.24, 2.45) is 0 Å². The van der Waals surface area contributed by atoms with E-state index < -0.39 is 0 Å². The Morgan fingerprint density at radius 3 is 2.45 bits per heavy atom. The van der Waals surface area contributed by atoms with E-state index in [1.807, 2.05) is 56.3 Å². The summed E-state index contributed by atoms with van der Waals surface area (Å²) in [5.74, 6) is 1.66. The topological polar surface area (TPSA) is 50.7 Å². The summed E-state index contributed by atoms with van der Waals surface area (Å²) in [7, 11) is 0. The second kappa shape index (κ2) is 8.29. The fraction of sp³-hybridized carbons (Fsp3) is 0.333. The van der Waals surface area contributed by atoms with Crippen LogP contribution in [-0.4, -0.2) is 24.4 Å². The first kappa shape index (κ1) is 16.2. The van der Waals surface area contributed by atoms with Crippen LogP contribution in [0.3, 0.4) is 0 Å². The number of hydrogen-bond acceptors (Lipinski definition) is 4. The largest absolute Gasteiger partial charge is 0.491 e. The minimum Gasteiger partial charge on any atom is -0.491 e. The highest BCUT2D eigenvalue weighted by Gasteiger charge is 2.05. The molecule has 2 aromatic carbocycles. The van der Waals surface area contributed by atoms with Crippen LogP contribution in [0.4, 0.5) is 5.69 Å². The molecule has 0 aliphatic rings. The van der Waals surface area contributed by atoms with Crippen LogP contribution in [0.15, 0.2) is 48.5 Å². The monoisotopic (exact) mass is 301 g/mol. The van der Waals surface area contributed by atoms with E-state index in [2.05, 4.69) is 11.4 Å². The van der Waals surface area contributed by atoms with Crippen molar-refractivity contribution in [1.29, 1.82) is 0 Å². The zero-order valence-electron chi connectivity index (χ0n) is 13.1. The third-order valence-corrected chi connectivity index (χ3v) is 3.03. The number of para-hydroxylation sites is 1. The normalized spacial score (nSPS) is 10.5. The Balaban J connectivity index is 1.95. The number of anilines is 1. The molecule has 0 spiro atoms. The summed E-state index contributed by atoms with van der Waals surface area (Å²) in [6, 6.07) is 15.7. The predicted molar refractivity (Wildman–Crippen MR) is 88.6 cm³/mol. The summed E-state index contributed by atoms with van der Waals surface area (Å²) >= 11 is 0. The molecule has 0 heterocycles. The molecule has 0 saturated carbocycles. The van der Waals surface area contributed by atoms with Gasteiger partial charge in [-0.2, -0.15) is 0 Å². The highest BCUT2D eigenvalue weighted by atomic mass is 16.5. The number of nitrogens with one attached hydrogen (secondary N) is 1. The lowest BCUT2D eigenvalue weighted by Gasteiger charge is -2.15. The molecule has 0 fully saturated rings. The van der Waals surface area contributed by atoms with Crippen molar-refractivity contribution in [2.75, 3.05) is 18.5 Å². The van der Waals surface area contributed by atoms with Crippen molar-refractivity contribution in [3.8, 4) is 11.5 Å². The average molecular weight is 301 g/mol. The fourth-order valence-electron chi connectivity index (χ4n) is 2.05. The minimum atomic E-state index is 0.0205. The number of rotatable bonds is 8. The number of hydrogen-bond donors (Lipinski definition) is 2. The molecule has 4 heteroatoms. The van der Waals surface area contributed by atoms with Crippen molar-refractivity contribution < 1.29 is 14.6 Å². The molecule has 0 radical (unpaired) electrons. The van der Waals surface area contributed by atoms with E-state index in [-0.39, 0.29) is 12.7 Å². The molecule has 0 atom stereocenters. The summed E-state index contributed by atoms with van der Waals surface area (Å²) in [4.78, 5) is 0. The van der Waals surface area contributed by atoms with Crippen LogP contribution in [0, 0.1) is 0 Å². The lowest BCUT2D eigenvalue weighted by Crippen LogP contribution is -2.09. The SMILES string of the molecule is CC(C)Oc1ccccc1CNc1ccc(OCCO)cc1. The van der Waals surface area contributed by atoms with Crippen LogP contribution < -0.4 is 14.8 Å². The van der Waals surface area contributed by atoms with Crippen molar-refractivity contribution in [2.45, 2.75) is 26.5 Å². The molecule has 118 valence electrons. The second-order valence-corrected chi connectivity index (χ2v) is 5.22.